The van der Waals surface area contributed by atoms with Crippen molar-refractivity contribution in [1.29, 1.82) is 0 Å². The van der Waals surface area contributed by atoms with Gasteiger partial charge in [-0.05, 0) is 38.5 Å². The van der Waals surface area contributed by atoms with Gasteiger partial charge in [0.1, 0.15) is 12.4 Å². The second-order valence-corrected chi connectivity index (χ2v) is 6.50. The molecule has 1 aliphatic heterocycles. The van der Waals surface area contributed by atoms with Crippen LogP contribution in [0.1, 0.15) is 25.8 Å². The number of benzene rings is 1. The Hall–Kier alpha value is -2.44. The third-order valence-corrected chi connectivity index (χ3v) is 4.30. The van der Waals surface area contributed by atoms with Crippen molar-refractivity contribution in [2.75, 3.05) is 25.1 Å². The molecule has 0 N–H and O–H groups in total. The lowest BCUT2D eigenvalue weighted by atomic mass is 10.1. The van der Waals surface area contributed by atoms with E-state index in [1.165, 1.54) is 23.0 Å². The predicted octanol–water partition coefficient (Wildman–Crippen LogP) is 1.90. The first-order valence-corrected chi connectivity index (χ1v) is 8.18. The van der Waals surface area contributed by atoms with E-state index in [1.807, 2.05) is 0 Å². The van der Waals surface area contributed by atoms with Crippen molar-refractivity contribution < 1.29 is 23.5 Å². The molecule has 0 aliphatic carbocycles. The van der Waals surface area contributed by atoms with E-state index in [1.54, 1.807) is 32.9 Å². The molecule has 1 aromatic rings. The van der Waals surface area contributed by atoms with Crippen molar-refractivity contribution in [1.82, 2.24) is 4.90 Å². The van der Waals surface area contributed by atoms with Crippen molar-refractivity contribution in [3.8, 4) is 0 Å². The van der Waals surface area contributed by atoms with Gasteiger partial charge in [-0.1, -0.05) is 6.07 Å². The normalized spacial score (nSPS) is 17.1. The first-order valence-electron chi connectivity index (χ1n) is 8.18. The summed E-state index contributed by atoms with van der Waals surface area (Å²) in [7, 11) is 1.26. The summed E-state index contributed by atoms with van der Waals surface area (Å²) >= 11 is 0. The van der Waals surface area contributed by atoms with Crippen LogP contribution in [0.25, 0.3) is 0 Å². The van der Waals surface area contributed by atoms with Gasteiger partial charge in [-0.15, -0.1) is 0 Å². The summed E-state index contributed by atoms with van der Waals surface area (Å²) in [5.74, 6) is -2.23. The highest BCUT2D eigenvalue weighted by atomic mass is 19.1. The molecule has 0 saturated carbocycles. The van der Waals surface area contributed by atoms with Gasteiger partial charge in [0.25, 0.3) is 0 Å². The van der Waals surface area contributed by atoms with Gasteiger partial charge in [0, 0.05) is 19.0 Å². The molecule has 1 aromatic carbocycles. The van der Waals surface area contributed by atoms with Crippen LogP contribution in [0.5, 0.6) is 0 Å². The molecule has 2 rings (SSSR count). The zero-order valence-corrected chi connectivity index (χ0v) is 14.9. The number of amides is 2. The average molecular weight is 350 g/mol. The average Bonchev–Trinajstić information content (AvgIpc) is 2.93. The van der Waals surface area contributed by atoms with Gasteiger partial charge in [-0.2, -0.15) is 0 Å². The maximum absolute atomic E-state index is 14.2. The Balaban J connectivity index is 2.17. The molecule has 1 heterocycles. The van der Waals surface area contributed by atoms with Crippen LogP contribution in [0.4, 0.5) is 10.1 Å². The molecule has 1 aliphatic rings. The monoisotopic (exact) mass is 350 g/mol. The molecule has 136 valence electrons. The molecule has 0 bridgehead atoms. The second-order valence-electron chi connectivity index (χ2n) is 6.50. The van der Waals surface area contributed by atoms with Crippen LogP contribution in [0.3, 0.4) is 0 Å². The van der Waals surface area contributed by atoms with E-state index < -0.39 is 17.7 Å². The number of rotatable bonds is 5. The van der Waals surface area contributed by atoms with Crippen molar-refractivity contribution in [2.24, 2.45) is 5.92 Å². The lowest BCUT2D eigenvalue weighted by Crippen LogP contribution is -2.44. The highest BCUT2D eigenvalue weighted by Gasteiger charge is 2.39. The minimum Gasteiger partial charge on any atom is -0.468 e. The lowest BCUT2D eigenvalue weighted by molar-refractivity contribution is -0.149. The number of halogens is 1. The molecule has 25 heavy (non-hydrogen) atoms. The standard InChI is InChI=1S/C18H23FN2O4/c1-11(2)20(10-17(23)25-4)18(24)13-8-16(22)21(9-13)15-6-5-12(3)7-14(15)19/h5-7,11,13H,8-10H2,1-4H3. The molecule has 6 nitrogen and oxygen atoms in total. The van der Waals surface area contributed by atoms with Crippen LogP contribution in [-0.2, 0) is 19.1 Å². The smallest absolute Gasteiger partial charge is 0.325 e. The summed E-state index contributed by atoms with van der Waals surface area (Å²) in [5.41, 5.74) is 0.930. The van der Waals surface area contributed by atoms with Crippen molar-refractivity contribution in [3.05, 3.63) is 29.6 Å². The van der Waals surface area contributed by atoms with E-state index in [2.05, 4.69) is 4.74 Å². The minimum absolute atomic E-state index is 0.00343. The van der Waals surface area contributed by atoms with E-state index in [9.17, 15) is 18.8 Å². The third-order valence-electron chi connectivity index (χ3n) is 4.30. The second kappa shape index (κ2) is 7.63. The Labute approximate surface area is 146 Å². The maximum atomic E-state index is 14.2. The summed E-state index contributed by atoms with van der Waals surface area (Å²) in [5, 5.41) is 0. The van der Waals surface area contributed by atoms with Crippen LogP contribution >= 0.6 is 0 Å². The van der Waals surface area contributed by atoms with Crippen molar-refractivity contribution >= 4 is 23.5 Å². The fourth-order valence-corrected chi connectivity index (χ4v) is 2.89. The van der Waals surface area contributed by atoms with Gasteiger partial charge in [0.2, 0.25) is 11.8 Å². The molecule has 1 unspecified atom stereocenters. The summed E-state index contributed by atoms with van der Waals surface area (Å²) < 4.78 is 18.8. The molecule has 2 amide bonds. The number of methoxy groups -OCH3 is 1. The summed E-state index contributed by atoms with van der Waals surface area (Å²) in [4.78, 5) is 39.3. The van der Waals surface area contributed by atoms with E-state index in [4.69, 9.17) is 0 Å². The highest BCUT2D eigenvalue weighted by Crippen LogP contribution is 2.29. The van der Waals surface area contributed by atoms with Crippen molar-refractivity contribution in [3.63, 3.8) is 0 Å². The molecule has 0 aromatic heterocycles. The van der Waals surface area contributed by atoms with Crippen LogP contribution in [0.15, 0.2) is 18.2 Å². The number of nitrogens with zero attached hydrogens (tertiary/aromatic N) is 2. The maximum Gasteiger partial charge on any atom is 0.325 e. The molecular formula is C18H23FN2O4. The number of ether oxygens (including phenoxy) is 1. The Kier molecular flexibility index (Phi) is 5.77. The van der Waals surface area contributed by atoms with Crippen LogP contribution in [-0.4, -0.2) is 48.9 Å². The van der Waals surface area contributed by atoms with Gasteiger partial charge >= 0.3 is 5.97 Å². The van der Waals surface area contributed by atoms with Gasteiger partial charge in [0.05, 0.1) is 18.7 Å². The number of esters is 1. The topological polar surface area (TPSA) is 66.9 Å². The van der Waals surface area contributed by atoms with E-state index >= 15 is 0 Å². The molecule has 0 spiro atoms. The Morgan fingerprint density at radius 3 is 2.64 bits per heavy atom. The number of aryl methyl sites for hydroxylation is 1. The van der Waals surface area contributed by atoms with E-state index in [0.717, 1.165) is 5.56 Å². The Morgan fingerprint density at radius 2 is 2.08 bits per heavy atom. The summed E-state index contributed by atoms with van der Waals surface area (Å²) in [6.45, 7) is 5.26. The predicted molar refractivity (Wildman–Crippen MR) is 90.5 cm³/mol. The lowest BCUT2D eigenvalue weighted by Gasteiger charge is -2.28. The van der Waals surface area contributed by atoms with Gasteiger partial charge in [-0.3, -0.25) is 14.4 Å². The summed E-state index contributed by atoms with van der Waals surface area (Å²) in [6, 6.07) is 4.41. The number of hydrogen-bond acceptors (Lipinski definition) is 4. The zero-order chi connectivity index (χ0) is 18.7. The van der Waals surface area contributed by atoms with Gasteiger partial charge < -0.3 is 14.5 Å². The number of carbonyl (C=O) groups excluding carboxylic acids is 3. The molecule has 0 radical (unpaired) electrons. The van der Waals surface area contributed by atoms with Gasteiger partial charge in [-0.25, -0.2) is 4.39 Å². The number of carbonyl (C=O) groups is 3. The number of hydrogen-bond donors (Lipinski definition) is 0. The molecule has 1 saturated heterocycles. The minimum atomic E-state index is -0.611. The highest BCUT2D eigenvalue weighted by molar-refractivity contribution is 6.00. The largest absolute Gasteiger partial charge is 0.468 e. The van der Waals surface area contributed by atoms with Crippen LogP contribution in [0, 0.1) is 18.7 Å². The van der Waals surface area contributed by atoms with E-state index in [0.29, 0.717) is 0 Å². The SMILES string of the molecule is COC(=O)CN(C(=O)C1CC(=O)N(c2ccc(C)cc2F)C1)C(C)C. The van der Waals surface area contributed by atoms with Crippen LogP contribution in [0.2, 0.25) is 0 Å². The molecule has 7 heteroatoms. The fraction of sp³-hybridized carbons (Fsp3) is 0.500. The third kappa shape index (κ3) is 4.15. The molecular weight excluding hydrogens is 327 g/mol. The Morgan fingerprint density at radius 1 is 1.40 bits per heavy atom. The summed E-state index contributed by atoms with van der Waals surface area (Å²) in [6.07, 6.45) is -0.00343. The van der Waals surface area contributed by atoms with Crippen LogP contribution < -0.4 is 4.90 Å². The molecule has 1 fully saturated rings. The van der Waals surface area contributed by atoms with Crippen molar-refractivity contribution in [2.45, 2.75) is 33.2 Å². The van der Waals surface area contributed by atoms with E-state index in [-0.39, 0.29) is 43.1 Å². The number of anilines is 1. The Bertz CT molecular complexity index is 690. The zero-order valence-electron chi connectivity index (χ0n) is 14.9. The first kappa shape index (κ1) is 18.9. The fourth-order valence-electron chi connectivity index (χ4n) is 2.89. The quantitative estimate of drug-likeness (QED) is 0.761. The van der Waals surface area contributed by atoms with Gasteiger partial charge in [0.15, 0.2) is 0 Å². The molecule has 1 atom stereocenters. The first-order chi connectivity index (χ1) is 11.7.